The van der Waals surface area contributed by atoms with Crippen LogP contribution in [0.4, 0.5) is 8.78 Å². The number of hydrogen-bond donors (Lipinski definition) is 1. The Bertz CT molecular complexity index is 474. The Morgan fingerprint density at radius 1 is 1.35 bits per heavy atom. The molecule has 0 saturated carbocycles. The van der Waals surface area contributed by atoms with Gasteiger partial charge in [-0.2, -0.15) is 0 Å². The van der Waals surface area contributed by atoms with E-state index in [-0.39, 0.29) is 17.8 Å². The Balaban J connectivity index is 1.86. The Hall–Kier alpha value is -1.69. The van der Waals surface area contributed by atoms with Crippen LogP contribution < -0.4 is 10.5 Å². The molecule has 1 aliphatic rings. The number of carbonyl (C=O) groups excluding carboxylic acids is 1. The molecule has 1 amide bonds. The van der Waals surface area contributed by atoms with E-state index in [1.165, 1.54) is 6.07 Å². The quantitative estimate of drug-likeness (QED) is 0.915. The fourth-order valence-corrected chi connectivity index (χ4v) is 2.25. The summed E-state index contributed by atoms with van der Waals surface area (Å²) in [6, 6.07) is 3.25. The number of benzene rings is 1. The van der Waals surface area contributed by atoms with Gasteiger partial charge < -0.3 is 15.4 Å². The van der Waals surface area contributed by atoms with Crippen molar-refractivity contribution in [1.82, 2.24) is 4.90 Å². The molecule has 0 spiro atoms. The van der Waals surface area contributed by atoms with E-state index in [9.17, 15) is 13.6 Å². The van der Waals surface area contributed by atoms with Crippen molar-refractivity contribution in [2.75, 3.05) is 19.6 Å². The first-order chi connectivity index (χ1) is 9.60. The summed E-state index contributed by atoms with van der Waals surface area (Å²) in [5.74, 6) is -1.24. The standard InChI is InChI=1S/C14H18F2N2O2/c15-10-1-2-13(12(16)9-10)20-11-4-7-18(8-5-11)14(19)3-6-17/h1-2,9,11H,3-8,17H2. The number of rotatable bonds is 4. The molecule has 1 aromatic rings. The second-order valence-corrected chi connectivity index (χ2v) is 4.81. The lowest BCUT2D eigenvalue weighted by molar-refractivity contribution is -0.132. The predicted molar refractivity (Wildman–Crippen MR) is 70.3 cm³/mol. The number of carbonyl (C=O) groups is 1. The number of piperidine rings is 1. The molecular weight excluding hydrogens is 266 g/mol. The Kier molecular flexibility index (Phi) is 4.89. The van der Waals surface area contributed by atoms with Crippen LogP contribution in [0.25, 0.3) is 0 Å². The van der Waals surface area contributed by atoms with E-state index in [4.69, 9.17) is 10.5 Å². The molecule has 6 heteroatoms. The van der Waals surface area contributed by atoms with Gasteiger partial charge in [0.2, 0.25) is 5.91 Å². The van der Waals surface area contributed by atoms with Crippen LogP contribution >= 0.6 is 0 Å². The van der Waals surface area contributed by atoms with Crippen molar-refractivity contribution in [2.24, 2.45) is 5.73 Å². The fourth-order valence-electron chi connectivity index (χ4n) is 2.25. The van der Waals surface area contributed by atoms with Gasteiger partial charge in [0, 0.05) is 45.0 Å². The molecule has 1 heterocycles. The van der Waals surface area contributed by atoms with E-state index in [2.05, 4.69) is 0 Å². The van der Waals surface area contributed by atoms with Crippen molar-refractivity contribution >= 4 is 5.91 Å². The maximum atomic E-state index is 13.5. The summed E-state index contributed by atoms with van der Waals surface area (Å²) in [7, 11) is 0. The van der Waals surface area contributed by atoms with E-state index in [0.29, 0.717) is 38.9 Å². The molecule has 0 atom stereocenters. The lowest BCUT2D eigenvalue weighted by Gasteiger charge is -2.32. The number of nitrogens with zero attached hydrogens (tertiary/aromatic N) is 1. The molecule has 2 N–H and O–H groups in total. The molecule has 1 aromatic carbocycles. The molecule has 1 saturated heterocycles. The number of hydrogen-bond acceptors (Lipinski definition) is 3. The minimum atomic E-state index is -0.702. The lowest BCUT2D eigenvalue weighted by Crippen LogP contribution is -2.42. The predicted octanol–water partition coefficient (Wildman–Crippen LogP) is 1.68. The SMILES string of the molecule is NCCC(=O)N1CCC(Oc2ccc(F)cc2F)CC1. The minimum absolute atomic E-state index is 0.0407. The average Bonchev–Trinajstić information content (AvgIpc) is 2.43. The molecule has 0 aromatic heterocycles. The van der Waals surface area contributed by atoms with E-state index >= 15 is 0 Å². The third-order valence-electron chi connectivity index (χ3n) is 3.34. The molecule has 2 rings (SSSR count). The third-order valence-corrected chi connectivity index (χ3v) is 3.34. The zero-order valence-corrected chi connectivity index (χ0v) is 11.1. The Morgan fingerprint density at radius 2 is 2.05 bits per heavy atom. The van der Waals surface area contributed by atoms with Crippen molar-refractivity contribution in [1.29, 1.82) is 0 Å². The smallest absolute Gasteiger partial charge is 0.223 e. The van der Waals surface area contributed by atoms with Crippen molar-refractivity contribution in [3.8, 4) is 5.75 Å². The zero-order valence-electron chi connectivity index (χ0n) is 11.1. The van der Waals surface area contributed by atoms with Crippen molar-refractivity contribution in [3.63, 3.8) is 0 Å². The second-order valence-electron chi connectivity index (χ2n) is 4.81. The monoisotopic (exact) mass is 284 g/mol. The van der Waals surface area contributed by atoms with Gasteiger partial charge in [0.25, 0.3) is 0 Å². The summed E-state index contributed by atoms with van der Waals surface area (Å²) >= 11 is 0. The second kappa shape index (κ2) is 6.65. The highest BCUT2D eigenvalue weighted by Gasteiger charge is 2.24. The number of likely N-dealkylation sites (tertiary alicyclic amines) is 1. The van der Waals surface area contributed by atoms with Gasteiger partial charge in [0.15, 0.2) is 11.6 Å². The van der Waals surface area contributed by atoms with E-state index < -0.39 is 11.6 Å². The number of amides is 1. The molecule has 110 valence electrons. The van der Waals surface area contributed by atoms with E-state index in [0.717, 1.165) is 12.1 Å². The maximum absolute atomic E-state index is 13.5. The Labute approximate surface area is 116 Å². The van der Waals surface area contributed by atoms with Crippen LogP contribution in [0.2, 0.25) is 0 Å². The van der Waals surface area contributed by atoms with Crippen LogP contribution in [0.1, 0.15) is 19.3 Å². The summed E-state index contributed by atoms with van der Waals surface area (Å²) in [6.07, 6.45) is 1.45. The van der Waals surface area contributed by atoms with E-state index in [1.54, 1.807) is 4.90 Å². The van der Waals surface area contributed by atoms with Crippen molar-refractivity contribution in [2.45, 2.75) is 25.4 Å². The first kappa shape index (κ1) is 14.7. The molecular formula is C14H18F2N2O2. The number of halogens is 2. The van der Waals surface area contributed by atoms with E-state index in [1.807, 2.05) is 0 Å². The first-order valence-corrected chi connectivity index (χ1v) is 6.69. The van der Waals surface area contributed by atoms with Gasteiger partial charge in [0.1, 0.15) is 11.9 Å². The number of ether oxygens (including phenoxy) is 1. The minimum Gasteiger partial charge on any atom is -0.487 e. The van der Waals surface area contributed by atoms with Crippen LogP contribution in [0.15, 0.2) is 18.2 Å². The molecule has 1 aliphatic heterocycles. The summed E-state index contributed by atoms with van der Waals surface area (Å²) in [5.41, 5.74) is 5.35. The summed E-state index contributed by atoms with van der Waals surface area (Å²) in [6.45, 7) is 1.49. The summed E-state index contributed by atoms with van der Waals surface area (Å²) in [4.78, 5) is 13.4. The van der Waals surface area contributed by atoms with Gasteiger partial charge in [-0.25, -0.2) is 8.78 Å². The average molecular weight is 284 g/mol. The summed E-state index contributed by atoms with van der Waals surface area (Å²) < 4.78 is 31.8. The van der Waals surface area contributed by atoms with Crippen LogP contribution in [-0.4, -0.2) is 36.5 Å². The highest BCUT2D eigenvalue weighted by Crippen LogP contribution is 2.23. The molecule has 0 unspecified atom stereocenters. The van der Waals surface area contributed by atoms with Crippen LogP contribution in [-0.2, 0) is 4.79 Å². The molecule has 0 aliphatic carbocycles. The molecule has 20 heavy (non-hydrogen) atoms. The Morgan fingerprint density at radius 3 is 2.65 bits per heavy atom. The van der Waals surface area contributed by atoms with Gasteiger partial charge in [-0.3, -0.25) is 4.79 Å². The molecule has 1 fully saturated rings. The molecule has 4 nitrogen and oxygen atoms in total. The molecule has 0 bridgehead atoms. The van der Waals surface area contributed by atoms with Crippen LogP contribution in [0.3, 0.4) is 0 Å². The van der Waals surface area contributed by atoms with Crippen molar-refractivity contribution in [3.05, 3.63) is 29.8 Å². The fraction of sp³-hybridized carbons (Fsp3) is 0.500. The van der Waals surface area contributed by atoms with Crippen molar-refractivity contribution < 1.29 is 18.3 Å². The highest BCUT2D eigenvalue weighted by atomic mass is 19.1. The zero-order chi connectivity index (χ0) is 14.5. The van der Waals surface area contributed by atoms with Crippen LogP contribution in [0, 0.1) is 11.6 Å². The topological polar surface area (TPSA) is 55.6 Å². The van der Waals surface area contributed by atoms with Gasteiger partial charge in [-0.05, 0) is 12.1 Å². The van der Waals surface area contributed by atoms with Crippen LogP contribution in [0.5, 0.6) is 5.75 Å². The maximum Gasteiger partial charge on any atom is 0.223 e. The van der Waals surface area contributed by atoms with Gasteiger partial charge in [-0.15, -0.1) is 0 Å². The lowest BCUT2D eigenvalue weighted by atomic mass is 10.1. The van der Waals surface area contributed by atoms with Gasteiger partial charge in [0.05, 0.1) is 0 Å². The first-order valence-electron chi connectivity index (χ1n) is 6.69. The highest BCUT2D eigenvalue weighted by molar-refractivity contribution is 5.76. The summed E-state index contributed by atoms with van der Waals surface area (Å²) in [5, 5.41) is 0. The van der Waals surface area contributed by atoms with Gasteiger partial charge >= 0.3 is 0 Å². The molecule has 0 radical (unpaired) electrons. The normalized spacial score (nSPS) is 16.2. The third kappa shape index (κ3) is 3.66. The van der Waals surface area contributed by atoms with Gasteiger partial charge in [-0.1, -0.05) is 0 Å². The largest absolute Gasteiger partial charge is 0.487 e. The number of nitrogens with two attached hydrogens (primary N) is 1.